The van der Waals surface area contributed by atoms with Crippen LogP contribution in [0, 0.1) is 5.41 Å². The zero-order valence-electron chi connectivity index (χ0n) is 14.3. The molecule has 2 unspecified atom stereocenters. The summed E-state index contributed by atoms with van der Waals surface area (Å²) >= 11 is 0. The summed E-state index contributed by atoms with van der Waals surface area (Å²) < 4.78 is 30.5. The van der Waals surface area contributed by atoms with E-state index in [1.165, 1.54) is 0 Å². The Bertz CT molecular complexity index is 524. The molecule has 0 spiro atoms. The SMILES string of the molecule is CN=C(NCCN1CCCS1(=O)=O)NC1CC(OC)C1(C)C.I. The normalized spacial score (nSPS) is 29.5. The highest BCUT2D eigenvalue weighted by Gasteiger charge is 2.48. The molecule has 0 aromatic rings. The molecule has 136 valence electrons. The monoisotopic (exact) mass is 460 g/mol. The van der Waals surface area contributed by atoms with Gasteiger partial charge in [-0.15, -0.1) is 24.0 Å². The molecular weight excluding hydrogens is 431 g/mol. The first-order valence-corrected chi connectivity index (χ1v) is 9.40. The van der Waals surface area contributed by atoms with E-state index in [9.17, 15) is 8.42 Å². The van der Waals surface area contributed by atoms with Gasteiger partial charge in [0.15, 0.2) is 5.96 Å². The Labute approximate surface area is 156 Å². The van der Waals surface area contributed by atoms with E-state index < -0.39 is 10.0 Å². The minimum Gasteiger partial charge on any atom is -0.381 e. The average molecular weight is 460 g/mol. The van der Waals surface area contributed by atoms with E-state index in [-0.39, 0.29) is 41.2 Å². The van der Waals surface area contributed by atoms with Gasteiger partial charge >= 0.3 is 0 Å². The summed E-state index contributed by atoms with van der Waals surface area (Å²) in [5, 5.41) is 6.59. The number of nitrogens with one attached hydrogen (secondary N) is 2. The topological polar surface area (TPSA) is 83.0 Å². The Hall–Kier alpha value is -0.130. The van der Waals surface area contributed by atoms with Gasteiger partial charge in [0.25, 0.3) is 0 Å². The van der Waals surface area contributed by atoms with E-state index in [4.69, 9.17) is 4.74 Å². The van der Waals surface area contributed by atoms with Crippen molar-refractivity contribution in [2.24, 2.45) is 10.4 Å². The second kappa shape index (κ2) is 8.30. The fraction of sp³-hybridized carbons (Fsp3) is 0.929. The number of hydrogen-bond donors (Lipinski definition) is 2. The predicted octanol–water partition coefficient (Wildman–Crippen LogP) is 0.618. The van der Waals surface area contributed by atoms with Crippen LogP contribution in [-0.4, -0.2) is 70.4 Å². The van der Waals surface area contributed by atoms with Gasteiger partial charge in [-0.3, -0.25) is 4.99 Å². The summed E-state index contributed by atoms with van der Waals surface area (Å²) in [6, 6.07) is 0.305. The third-order valence-corrected chi connectivity index (χ3v) is 6.81. The van der Waals surface area contributed by atoms with E-state index in [2.05, 4.69) is 29.5 Å². The summed E-state index contributed by atoms with van der Waals surface area (Å²) in [4.78, 5) is 4.21. The van der Waals surface area contributed by atoms with Gasteiger partial charge in [-0.05, 0) is 12.8 Å². The highest BCUT2D eigenvalue weighted by Crippen LogP contribution is 2.42. The van der Waals surface area contributed by atoms with Gasteiger partial charge < -0.3 is 15.4 Å². The van der Waals surface area contributed by atoms with Gasteiger partial charge in [-0.2, -0.15) is 0 Å². The average Bonchev–Trinajstić information content (AvgIpc) is 2.79. The van der Waals surface area contributed by atoms with Crippen molar-refractivity contribution in [3.63, 3.8) is 0 Å². The van der Waals surface area contributed by atoms with Crippen molar-refractivity contribution in [2.75, 3.05) is 39.5 Å². The van der Waals surface area contributed by atoms with Crippen molar-refractivity contribution in [1.82, 2.24) is 14.9 Å². The molecule has 2 atom stereocenters. The first kappa shape index (κ1) is 20.9. The van der Waals surface area contributed by atoms with Gasteiger partial charge in [0.1, 0.15) is 0 Å². The lowest BCUT2D eigenvalue weighted by Gasteiger charge is -2.51. The molecule has 0 bridgehead atoms. The standard InChI is InChI=1S/C14H28N4O3S.HI/c1-14(2)11(10-12(14)21-4)17-13(15-3)16-6-8-18-7-5-9-22(18,19)20;/h11-12H,5-10H2,1-4H3,(H2,15,16,17);1H. The molecule has 9 heteroatoms. The Morgan fingerprint density at radius 2 is 2.13 bits per heavy atom. The smallest absolute Gasteiger partial charge is 0.214 e. The number of ether oxygens (including phenoxy) is 1. The van der Waals surface area contributed by atoms with Crippen molar-refractivity contribution in [1.29, 1.82) is 0 Å². The second-order valence-corrected chi connectivity index (χ2v) is 8.63. The van der Waals surface area contributed by atoms with Crippen LogP contribution in [0.1, 0.15) is 26.7 Å². The first-order chi connectivity index (χ1) is 10.3. The third-order valence-electron chi connectivity index (χ3n) is 4.85. The van der Waals surface area contributed by atoms with Crippen LogP contribution < -0.4 is 10.6 Å². The predicted molar refractivity (Wildman–Crippen MR) is 103 cm³/mol. The van der Waals surface area contributed by atoms with E-state index >= 15 is 0 Å². The molecule has 0 radical (unpaired) electrons. The maximum absolute atomic E-state index is 11.7. The number of aliphatic imine (C=N–C) groups is 1. The number of nitrogens with zero attached hydrogens (tertiary/aromatic N) is 2. The molecule has 0 amide bonds. The lowest BCUT2D eigenvalue weighted by molar-refractivity contribution is -0.0922. The molecule has 1 heterocycles. The van der Waals surface area contributed by atoms with E-state index in [1.807, 2.05) is 0 Å². The van der Waals surface area contributed by atoms with Crippen molar-refractivity contribution in [2.45, 2.75) is 38.8 Å². The van der Waals surface area contributed by atoms with Gasteiger partial charge in [0.2, 0.25) is 10.0 Å². The highest BCUT2D eigenvalue weighted by molar-refractivity contribution is 14.0. The quantitative estimate of drug-likeness (QED) is 0.357. The Balaban J connectivity index is 0.00000264. The van der Waals surface area contributed by atoms with Crippen LogP contribution in [0.15, 0.2) is 4.99 Å². The number of methoxy groups -OCH3 is 1. The summed E-state index contributed by atoms with van der Waals surface area (Å²) in [5.41, 5.74) is 0.0602. The largest absolute Gasteiger partial charge is 0.381 e. The van der Waals surface area contributed by atoms with Crippen LogP contribution in [-0.2, 0) is 14.8 Å². The molecule has 1 saturated heterocycles. The fourth-order valence-corrected chi connectivity index (χ4v) is 4.66. The molecule has 1 saturated carbocycles. The highest BCUT2D eigenvalue weighted by atomic mass is 127. The molecule has 1 aliphatic heterocycles. The minimum atomic E-state index is -3.02. The maximum Gasteiger partial charge on any atom is 0.214 e. The first-order valence-electron chi connectivity index (χ1n) is 7.79. The lowest BCUT2D eigenvalue weighted by Crippen LogP contribution is -2.63. The van der Waals surface area contributed by atoms with Crippen LogP contribution in [0.5, 0.6) is 0 Å². The van der Waals surface area contributed by atoms with Crippen molar-refractivity contribution in [3.8, 4) is 0 Å². The summed E-state index contributed by atoms with van der Waals surface area (Å²) in [7, 11) is 0.445. The van der Waals surface area contributed by atoms with E-state index in [1.54, 1.807) is 18.5 Å². The maximum atomic E-state index is 11.7. The van der Waals surface area contributed by atoms with E-state index in [0.717, 1.165) is 12.8 Å². The number of guanidine groups is 1. The Kier molecular flexibility index (Phi) is 7.55. The summed E-state index contributed by atoms with van der Waals surface area (Å²) in [6.07, 6.45) is 1.94. The van der Waals surface area contributed by atoms with Crippen LogP contribution in [0.25, 0.3) is 0 Å². The van der Waals surface area contributed by atoms with Crippen LogP contribution in [0.2, 0.25) is 0 Å². The van der Waals surface area contributed by atoms with E-state index in [0.29, 0.717) is 31.6 Å². The lowest BCUT2D eigenvalue weighted by atomic mass is 9.64. The molecule has 0 aromatic heterocycles. The van der Waals surface area contributed by atoms with Crippen molar-refractivity contribution >= 4 is 40.0 Å². The number of sulfonamides is 1. The molecule has 2 N–H and O–H groups in total. The van der Waals surface area contributed by atoms with Crippen LogP contribution >= 0.6 is 24.0 Å². The van der Waals surface area contributed by atoms with Gasteiger partial charge in [-0.25, -0.2) is 12.7 Å². The van der Waals surface area contributed by atoms with Crippen molar-refractivity contribution in [3.05, 3.63) is 0 Å². The number of rotatable bonds is 5. The summed E-state index contributed by atoms with van der Waals surface area (Å²) in [5.74, 6) is 0.985. The molecule has 2 fully saturated rings. The molecule has 23 heavy (non-hydrogen) atoms. The number of hydrogen-bond acceptors (Lipinski definition) is 4. The van der Waals surface area contributed by atoms with Crippen LogP contribution in [0.3, 0.4) is 0 Å². The second-order valence-electron chi connectivity index (χ2n) is 6.55. The van der Waals surface area contributed by atoms with Crippen LogP contribution in [0.4, 0.5) is 0 Å². The van der Waals surface area contributed by atoms with Gasteiger partial charge in [-0.1, -0.05) is 13.8 Å². The fourth-order valence-electron chi connectivity index (χ4n) is 3.13. The molecule has 2 aliphatic rings. The third kappa shape index (κ3) is 4.70. The number of halogens is 1. The van der Waals surface area contributed by atoms with Crippen molar-refractivity contribution < 1.29 is 13.2 Å². The Morgan fingerprint density at radius 3 is 2.61 bits per heavy atom. The molecule has 7 nitrogen and oxygen atoms in total. The molecule has 1 aliphatic carbocycles. The summed E-state index contributed by atoms with van der Waals surface area (Å²) in [6.45, 7) is 6.01. The Morgan fingerprint density at radius 1 is 1.43 bits per heavy atom. The zero-order valence-corrected chi connectivity index (χ0v) is 17.5. The zero-order chi connectivity index (χ0) is 16.4. The minimum absolute atomic E-state index is 0. The molecular formula is C14H29IN4O3S. The molecule has 2 rings (SSSR count). The van der Waals surface area contributed by atoms with Gasteiger partial charge in [0.05, 0.1) is 11.9 Å². The van der Waals surface area contributed by atoms with Gasteiger partial charge in [0, 0.05) is 45.2 Å². The molecule has 0 aromatic carbocycles.